The SMILES string of the molecule is CCCCCCCCCCCCCCC(=O)OC[C@H](COP(=O)(O)OC[C@@H](O)COP(=O)(O)OC[C@@H](COC(=O)CCCCCCCCCC(C)C)OC(=O)CCCCCCCCCCCCC)OC(=O)CCCCCCCCCCCCCCCCCC(C)C. The first-order valence-corrected chi connectivity index (χ1v) is 40.5. The number of aliphatic hydroxyl groups excluding tert-OH is 1. The fourth-order valence-corrected chi connectivity index (χ4v) is 12.5. The van der Waals surface area contributed by atoms with Gasteiger partial charge in [-0.3, -0.25) is 37.3 Å². The van der Waals surface area contributed by atoms with Crippen LogP contribution >= 0.6 is 15.6 Å². The maximum absolute atomic E-state index is 13.0. The first-order chi connectivity index (χ1) is 43.9. The number of phosphoric acid groups is 2. The Kier molecular flexibility index (Phi) is 62.7. The maximum atomic E-state index is 13.0. The van der Waals surface area contributed by atoms with E-state index in [1.54, 1.807) is 0 Å². The summed E-state index contributed by atoms with van der Waals surface area (Å²) in [5.74, 6) is -0.613. The number of carbonyl (C=O) groups is 4. The summed E-state index contributed by atoms with van der Waals surface area (Å²) in [5.41, 5.74) is 0. The van der Waals surface area contributed by atoms with Crippen LogP contribution in [0.25, 0.3) is 0 Å². The summed E-state index contributed by atoms with van der Waals surface area (Å²) < 4.78 is 68.3. The quantitative estimate of drug-likeness (QED) is 0.0222. The fraction of sp³-hybridized carbons (Fsp3) is 0.944. The monoisotopic (exact) mass is 1340 g/mol. The molecule has 5 atom stereocenters. The Morgan fingerprint density at radius 2 is 0.505 bits per heavy atom. The normalized spacial score (nSPS) is 14.1. The lowest BCUT2D eigenvalue weighted by atomic mass is 10.0. The molecule has 0 bridgehead atoms. The van der Waals surface area contributed by atoms with Crippen LogP contribution in [-0.2, 0) is 65.4 Å². The summed E-state index contributed by atoms with van der Waals surface area (Å²) in [6.07, 6.45) is 49.9. The van der Waals surface area contributed by atoms with E-state index in [4.69, 9.17) is 37.0 Å². The second-order valence-electron chi connectivity index (χ2n) is 26.9. The highest BCUT2D eigenvalue weighted by Gasteiger charge is 2.30. The van der Waals surface area contributed by atoms with E-state index in [1.165, 1.54) is 180 Å². The van der Waals surface area contributed by atoms with Gasteiger partial charge in [-0.05, 0) is 37.5 Å². The zero-order chi connectivity index (χ0) is 67.2. The molecule has 0 aromatic carbocycles. The van der Waals surface area contributed by atoms with Crippen molar-refractivity contribution in [1.29, 1.82) is 0 Å². The van der Waals surface area contributed by atoms with Crippen molar-refractivity contribution in [3.63, 3.8) is 0 Å². The summed E-state index contributed by atoms with van der Waals surface area (Å²) in [7, 11) is -9.90. The molecule has 17 nitrogen and oxygen atoms in total. The van der Waals surface area contributed by atoms with Gasteiger partial charge in [0.25, 0.3) is 0 Å². The van der Waals surface area contributed by atoms with Crippen molar-refractivity contribution in [3.8, 4) is 0 Å². The minimum absolute atomic E-state index is 0.106. The molecule has 0 spiro atoms. The minimum Gasteiger partial charge on any atom is -0.462 e. The Labute approximate surface area is 556 Å². The molecule has 0 rings (SSSR count). The second kappa shape index (κ2) is 64.1. The molecule has 3 N–H and O–H groups in total. The molecule has 0 amide bonds. The predicted octanol–water partition coefficient (Wildman–Crippen LogP) is 20.8. The van der Waals surface area contributed by atoms with Gasteiger partial charge in [-0.25, -0.2) is 9.13 Å². The highest BCUT2D eigenvalue weighted by atomic mass is 31.2. The third-order valence-electron chi connectivity index (χ3n) is 16.7. The zero-order valence-electron chi connectivity index (χ0n) is 59.1. The van der Waals surface area contributed by atoms with Crippen LogP contribution in [0.1, 0.15) is 369 Å². The third kappa shape index (κ3) is 66.5. The molecule has 0 saturated heterocycles. The minimum atomic E-state index is -4.95. The Bertz CT molecular complexity index is 1770. The van der Waals surface area contributed by atoms with Crippen molar-refractivity contribution in [2.75, 3.05) is 39.6 Å². The smallest absolute Gasteiger partial charge is 0.462 e. The van der Waals surface area contributed by atoms with E-state index in [0.717, 1.165) is 102 Å². The lowest BCUT2D eigenvalue weighted by Gasteiger charge is -2.21. The standard InChI is InChI=1S/C72H140O17P2/c1-7-9-11-13-15-17-19-27-30-36-42-48-54-69(74)82-60-67(88-72(77)57-51-45-38-32-28-24-22-20-21-23-26-29-34-40-46-52-64(3)4)62-86-90(78,79)84-58-66(73)59-85-91(80,81)87-63-68(61-83-70(75)55-49-43-39-33-35-41-47-53-65(5)6)89-71(76)56-50-44-37-31-25-18-16-14-12-10-8-2/h64-68,73H,7-63H2,1-6H3,(H,78,79)(H,80,81)/t66-,67-,68-/m1/s1. The van der Waals surface area contributed by atoms with Crippen molar-refractivity contribution in [2.45, 2.75) is 387 Å². The van der Waals surface area contributed by atoms with E-state index >= 15 is 0 Å². The van der Waals surface area contributed by atoms with Crippen molar-refractivity contribution in [3.05, 3.63) is 0 Å². The highest BCUT2D eigenvalue weighted by Crippen LogP contribution is 2.45. The van der Waals surface area contributed by atoms with Gasteiger partial charge in [-0.1, -0.05) is 318 Å². The summed E-state index contributed by atoms with van der Waals surface area (Å²) in [5, 5.41) is 10.6. The fourth-order valence-electron chi connectivity index (χ4n) is 10.9. The van der Waals surface area contributed by atoms with Crippen LogP contribution in [0.3, 0.4) is 0 Å². The zero-order valence-corrected chi connectivity index (χ0v) is 60.9. The molecule has 0 aliphatic heterocycles. The number of aliphatic hydroxyl groups is 1. The van der Waals surface area contributed by atoms with Gasteiger partial charge < -0.3 is 33.8 Å². The van der Waals surface area contributed by atoms with Gasteiger partial charge in [0.05, 0.1) is 26.4 Å². The van der Waals surface area contributed by atoms with Crippen molar-refractivity contribution in [2.24, 2.45) is 11.8 Å². The highest BCUT2D eigenvalue weighted by molar-refractivity contribution is 7.47. The van der Waals surface area contributed by atoms with Crippen LogP contribution in [0.15, 0.2) is 0 Å². The first-order valence-electron chi connectivity index (χ1n) is 37.5. The largest absolute Gasteiger partial charge is 0.472 e. The van der Waals surface area contributed by atoms with Crippen LogP contribution in [-0.4, -0.2) is 96.7 Å². The van der Waals surface area contributed by atoms with Crippen LogP contribution in [0.2, 0.25) is 0 Å². The number of carbonyl (C=O) groups excluding carboxylic acids is 4. The molecule has 0 aromatic heterocycles. The van der Waals surface area contributed by atoms with Gasteiger partial charge in [-0.15, -0.1) is 0 Å². The molecule has 2 unspecified atom stereocenters. The van der Waals surface area contributed by atoms with E-state index in [1.807, 2.05) is 0 Å². The molecule has 0 aliphatic rings. The summed E-state index contributed by atoms with van der Waals surface area (Å²) >= 11 is 0. The number of phosphoric ester groups is 2. The van der Waals surface area contributed by atoms with E-state index < -0.39 is 97.5 Å². The van der Waals surface area contributed by atoms with Crippen LogP contribution in [0, 0.1) is 11.8 Å². The van der Waals surface area contributed by atoms with Gasteiger partial charge in [0.2, 0.25) is 0 Å². The molecular weight excluding hydrogens is 1200 g/mol. The molecule has 0 aromatic rings. The molecule has 0 radical (unpaired) electrons. The lowest BCUT2D eigenvalue weighted by molar-refractivity contribution is -0.161. The summed E-state index contributed by atoms with van der Waals surface area (Å²) in [6.45, 7) is 9.53. The van der Waals surface area contributed by atoms with Crippen molar-refractivity contribution >= 4 is 39.5 Å². The van der Waals surface area contributed by atoms with Gasteiger partial charge in [-0.2, -0.15) is 0 Å². The number of rotatable bonds is 71. The molecular formula is C72H140O17P2. The first kappa shape index (κ1) is 89.1. The molecule has 0 fully saturated rings. The van der Waals surface area contributed by atoms with E-state index in [0.29, 0.717) is 31.6 Å². The van der Waals surface area contributed by atoms with Crippen molar-refractivity contribution in [1.82, 2.24) is 0 Å². The second-order valence-corrected chi connectivity index (χ2v) is 29.8. The molecule has 19 heteroatoms. The average Bonchev–Trinajstić information content (AvgIpc) is 3.49. The molecule has 0 saturated carbocycles. The van der Waals surface area contributed by atoms with Gasteiger partial charge in [0.1, 0.15) is 19.3 Å². The third-order valence-corrected chi connectivity index (χ3v) is 18.6. The Morgan fingerprint density at radius 1 is 0.297 bits per heavy atom. The number of hydrogen-bond acceptors (Lipinski definition) is 15. The Morgan fingerprint density at radius 3 is 0.747 bits per heavy atom. The van der Waals surface area contributed by atoms with Crippen LogP contribution in [0.5, 0.6) is 0 Å². The van der Waals surface area contributed by atoms with Gasteiger partial charge in [0, 0.05) is 25.7 Å². The van der Waals surface area contributed by atoms with Gasteiger partial charge >= 0.3 is 39.5 Å². The maximum Gasteiger partial charge on any atom is 0.472 e. The Hall–Kier alpha value is -1.94. The van der Waals surface area contributed by atoms with E-state index in [-0.39, 0.29) is 25.7 Å². The van der Waals surface area contributed by atoms with Crippen LogP contribution in [0.4, 0.5) is 0 Å². The number of unbranched alkanes of at least 4 members (excludes halogenated alkanes) is 41. The molecule has 91 heavy (non-hydrogen) atoms. The molecule has 0 aliphatic carbocycles. The predicted molar refractivity (Wildman–Crippen MR) is 368 cm³/mol. The van der Waals surface area contributed by atoms with E-state index in [9.17, 15) is 43.2 Å². The molecule has 540 valence electrons. The lowest BCUT2D eigenvalue weighted by Crippen LogP contribution is -2.30. The summed E-state index contributed by atoms with van der Waals surface area (Å²) in [6, 6.07) is 0. The van der Waals surface area contributed by atoms with Crippen LogP contribution < -0.4 is 0 Å². The Balaban J connectivity index is 5.22. The topological polar surface area (TPSA) is 237 Å². The number of esters is 4. The van der Waals surface area contributed by atoms with E-state index in [2.05, 4.69) is 41.5 Å². The average molecular weight is 1340 g/mol. The summed E-state index contributed by atoms with van der Waals surface area (Å²) in [4.78, 5) is 72.6. The number of ether oxygens (including phenoxy) is 4. The molecule has 0 heterocycles. The van der Waals surface area contributed by atoms with Crippen molar-refractivity contribution < 1.29 is 80.2 Å². The van der Waals surface area contributed by atoms with Gasteiger partial charge in [0.15, 0.2) is 12.2 Å². The number of hydrogen-bond donors (Lipinski definition) is 3.